The third-order valence-corrected chi connectivity index (χ3v) is 5.97. The lowest BCUT2D eigenvalue weighted by molar-refractivity contribution is -0.136. The molecule has 0 aliphatic carbocycles. The first-order chi connectivity index (χ1) is 16.8. The SMILES string of the molecule is NC1=NC(O)(C(=O)N(c2ccccc2)c2ccccc2)c2ncn([C@@H]3O[C@H](CO)[C@@H](O)[C@H]3O)c2N1. The molecule has 3 aromatic rings. The highest BCUT2D eigenvalue weighted by molar-refractivity contribution is 6.09. The molecule has 7 N–H and O–H groups in total. The smallest absolute Gasteiger partial charge is 0.293 e. The van der Waals surface area contributed by atoms with Crippen LogP contribution in [0.2, 0.25) is 0 Å². The van der Waals surface area contributed by atoms with Gasteiger partial charge in [-0.3, -0.25) is 14.3 Å². The van der Waals surface area contributed by atoms with Crippen LogP contribution in [0.4, 0.5) is 17.2 Å². The number of guanidine groups is 1. The fourth-order valence-electron chi connectivity index (χ4n) is 4.26. The zero-order chi connectivity index (χ0) is 24.7. The number of carbonyl (C=O) groups is 1. The number of hydrogen-bond donors (Lipinski definition) is 6. The molecule has 1 aromatic heterocycles. The second-order valence-corrected chi connectivity index (χ2v) is 8.18. The number of aliphatic imine (C=N–C) groups is 1. The van der Waals surface area contributed by atoms with E-state index in [-0.39, 0.29) is 17.5 Å². The maximum atomic E-state index is 14.0. The fraction of sp³-hybridized carbons (Fsp3) is 0.261. The van der Waals surface area contributed by atoms with Gasteiger partial charge < -0.3 is 36.2 Å². The van der Waals surface area contributed by atoms with Gasteiger partial charge in [-0.15, -0.1) is 0 Å². The number of nitrogens with two attached hydrogens (primary N) is 1. The Morgan fingerprint density at radius 2 is 1.69 bits per heavy atom. The van der Waals surface area contributed by atoms with Crippen LogP contribution >= 0.6 is 0 Å². The topological polar surface area (TPSA) is 179 Å². The van der Waals surface area contributed by atoms with E-state index in [2.05, 4.69) is 15.3 Å². The Morgan fingerprint density at radius 1 is 1.09 bits per heavy atom. The molecule has 12 nitrogen and oxygen atoms in total. The van der Waals surface area contributed by atoms with E-state index < -0.39 is 42.8 Å². The molecule has 35 heavy (non-hydrogen) atoms. The van der Waals surface area contributed by atoms with Crippen LogP contribution in [0.5, 0.6) is 0 Å². The molecule has 182 valence electrons. The lowest BCUT2D eigenvalue weighted by atomic mass is 10.1. The molecule has 3 heterocycles. The molecule has 2 aliphatic rings. The Kier molecular flexibility index (Phi) is 5.75. The molecule has 0 radical (unpaired) electrons. The standard InChI is InChI=1S/C23H24N6O6/c24-22-26-19-18(25-12-28(19)20-17(32)16(31)15(11-30)35-20)23(34,27-22)21(33)29(13-7-3-1-4-8-13)14-9-5-2-6-10-14/h1-10,12,15-17,20,30-32,34H,11H2,(H3,24,26,27)/t15-,16-,17-,20-,23?/m1/s1. The fourth-order valence-corrected chi connectivity index (χ4v) is 4.26. The number of carbonyl (C=O) groups excluding carboxylic acids is 1. The van der Waals surface area contributed by atoms with Crippen molar-refractivity contribution in [1.29, 1.82) is 0 Å². The summed E-state index contributed by atoms with van der Waals surface area (Å²) in [6, 6.07) is 17.5. The minimum absolute atomic E-state index is 0.0456. The Morgan fingerprint density at radius 3 is 2.23 bits per heavy atom. The summed E-state index contributed by atoms with van der Waals surface area (Å²) in [6.07, 6.45) is -3.75. The molecule has 1 unspecified atom stereocenters. The summed E-state index contributed by atoms with van der Waals surface area (Å²) in [5, 5.41) is 44.4. The Hall–Kier alpha value is -3.81. The third kappa shape index (κ3) is 3.73. The van der Waals surface area contributed by atoms with Crippen LogP contribution in [0.3, 0.4) is 0 Å². The second-order valence-electron chi connectivity index (χ2n) is 8.18. The van der Waals surface area contributed by atoms with Crippen molar-refractivity contribution >= 4 is 29.1 Å². The van der Waals surface area contributed by atoms with Crippen LogP contribution in [0.1, 0.15) is 11.9 Å². The zero-order valence-corrected chi connectivity index (χ0v) is 18.3. The van der Waals surface area contributed by atoms with Gasteiger partial charge in [-0.1, -0.05) is 36.4 Å². The summed E-state index contributed by atoms with van der Waals surface area (Å²) < 4.78 is 6.86. The van der Waals surface area contributed by atoms with Gasteiger partial charge >= 0.3 is 0 Å². The van der Waals surface area contributed by atoms with Crippen molar-refractivity contribution in [2.24, 2.45) is 10.7 Å². The molecule has 0 saturated carbocycles. The van der Waals surface area contributed by atoms with Crippen LogP contribution in [-0.2, 0) is 15.3 Å². The molecule has 2 aromatic carbocycles. The van der Waals surface area contributed by atoms with Crippen molar-refractivity contribution < 1.29 is 30.0 Å². The molecule has 1 amide bonds. The van der Waals surface area contributed by atoms with Gasteiger partial charge in [0.2, 0.25) is 0 Å². The number of aliphatic hydroxyl groups is 4. The summed E-state index contributed by atoms with van der Waals surface area (Å²) in [5.41, 5.74) is 4.22. The van der Waals surface area contributed by atoms with E-state index in [4.69, 9.17) is 10.5 Å². The highest BCUT2D eigenvalue weighted by Crippen LogP contribution is 2.40. The maximum Gasteiger partial charge on any atom is 0.293 e. The number of hydrogen-bond acceptors (Lipinski definition) is 10. The molecule has 0 spiro atoms. The minimum atomic E-state index is -2.53. The van der Waals surface area contributed by atoms with Gasteiger partial charge in [0.25, 0.3) is 11.6 Å². The molecular formula is C23H24N6O6. The number of imidazole rings is 1. The summed E-state index contributed by atoms with van der Waals surface area (Å²) in [6.45, 7) is -0.520. The lowest BCUT2D eigenvalue weighted by Crippen LogP contribution is -2.49. The summed E-state index contributed by atoms with van der Waals surface area (Å²) >= 11 is 0. The summed E-state index contributed by atoms with van der Waals surface area (Å²) in [5.74, 6) is -1.07. The first-order valence-corrected chi connectivity index (χ1v) is 10.8. The minimum Gasteiger partial charge on any atom is -0.394 e. The summed E-state index contributed by atoms with van der Waals surface area (Å²) in [7, 11) is 0. The van der Waals surface area contributed by atoms with E-state index >= 15 is 0 Å². The quantitative estimate of drug-likeness (QED) is 0.287. The van der Waals surface area contributed by atoms with Crippen LogP contribution in [0, 0.1) is 0 Å². The number of aliphatic hydroxyl groups excluding tert-OH is 3. The molecule has 5 rings (SSSR count). The normalized spacial score (nSPS) is 27.6. The van der Waals surface area contributed by atoms with Crippen molar-refractivity contribution in [3.8, 4) is 0 Å². The van der Waals surface area contributed by atoms with Crippen molar-refractivity contribution in [1.82, 2.24) is 9.55 Å². The van der Waals surface area contributed by atoms with Crippen LogP contribution in [0.25, 0.3) is 0 Å². The molecule has 12 heteroatoms. The van der Waals surface area contributed by atoms with Gasteiger partial charge in [0.05, 0.1) is 12.9 Å². The van der Waals surface area contributed by atoms with Crippen molar-refractivity contribution in [2.75, 3.05) is 16.8 Å². The molecular weight excluding hydrogens is 456 g/mol. The van der Waals surface area contributed by atoms with Crippen LogP contribution in [0.15, 0.2) is 72.0 Å². The van der Waals surface area contributed by atoms with Crippen LogP contribution in [-0.4, -0.2) is 66.8 Å². The number of anilines is 3. The number of nitrogens with zero attached hydrogens (tertiary/aromatic N) is 4. The Labute approximate surface area is 199 Å². The first-order valence-electron chi connectivity index (χ1n) is 10.8. The van der Waals surface area contributed by atoms with E-state index in [1.807, 2.05) is 0 Å². The van der Waals surface area contributed by atoms with Gasteiger partial charge in [0.1, 0.15) is 29.8 Å². The predicted octanol–water partition coefficient (Wildman–Crippen LogP) is -0.255. The van der Waals surface area contributed by atoms with Gasteiger partial charge in [-0.2, -0.15) is 0 Å². The largest absolute Gasteiger partial charge is 0.394 e. The van der Waals surface area contributed by atoms with Crippen LogP contribution < -0.4 is 16.0 Å². The average molecular weight is 480 g/mol. The number of aromatic nitrogens is 2. The van der Waals surface area contributed by atoms with E-state index in [1.165, 1.54) is 15.8 Å². The van der Waals surface area contributed by atoms with Crippen molar-refractivity contribution in [2.45, 2.75) is 30.3 Å². The number of rotatable bonds is 5. The van der Waals surface area contributed by atoms with Gasteiger partial charge in [0, 0.05) is 11.4 Å². The highest BCUT2D eigenvalue weighted by atomic mass is 16.6. The molecule has 1 saturated heterocycles. The molecule has 0 bridgehead atoms. The summed E-state index contributed by atoms with van der Waals surface area (Å²) in [4.78, 5) is 23.5. The van der Waals surface area contributed by atoms with E-state index in [9.17, 15) is 25.2 Å². The first kappa shape index (κ1) is 23.0. The predicted molar refractivity (Wildman–Crippen MR) is 124 cm³/mol. The van der Waals surface area contributed by atoms with Gasteiger partial charge in [-0.05, 0) is 24.3 Å². The van der Waals surface area contributed by atoms with Crippen molar-refractivity contribution in [3.05, 3.63) is 72.7 Å². The molecule has 5 atom stereocenters. The number of ether oxygens (including phenoxy) is 1. The zero-order valence-electron chi connectivity index (χ0n) is 18.3. The second kappa shape index (κ2) is 8.76. The van der Waals surface area contributed by atoms with E-state index in [1.54, 1.807) is 60.7 Å². The van der Waals surface area contributed by atoms with Gasteiger partial charge in [0.15, 0.2) is 12.2 Å². The van der Waals surface area contributed by atoms with E-state index in [0.29, 0.717) is 11.4 Å². The molecule has 2 aliphatic heterocycles. The number of nitrogens with one attached hydrogen (secondary N) is 1. The third-order valence-electron chi connectivity index (χ3n) is 5.97. The van der Waals surface area contributed by atoms with E-state index in [0.717, 1.165) is 0 Å². The number of fused-ring (bicyclic) bond motifs is 1. The van der Waals surface area contributed by atoms with Gasteiger partial charge in [-0.25, -0.2) is 9.98 Å². The lowest BCUT2D eigenvalue weighted by Gasteiger charge is -2.33. The number of para-hydroxylation sites is 2. The monoisotopic (exact) mass is 480 g/mol. The number of amides is 1. The molecule has 1 fully saturated rings. The number of benzene rings is 2. The Bertz CT molecular complexity index is 1210. The maximum absolute atomic E-state index is 14.0. The van der Waals surface area contributed by atoms with Crippen molar-refractivity contribution in [3.63, 3.8) is 0 Å². The highest BCUT2D eigenvalue weighted by Gasteiger charge is 2.51. The average Bonchev–Trinajstić information content (AvgIpc) is 3.41. The Balaban J connectivity index is 1.59.